The van der Waals surface area contributed by atoms with Crippen molar-refractivity contribution in [2.24, 2.45) is 0 Å². The van der Waals surface area contributed by atoms with Gasteiger partial charge in [0.25, 0.3) is 0 Å². The molecule has 0 aromatic heterocycles. The maximum atomic E-state index is 11.0. The summed E-state index contributed by atoms with van der Waals surface area (Å²) in [6, 6.07) is 0. The summed E-state index contributed by atoms with van der Waals surface area (Å²) in [4.78, 5) is 11.0. The molecule has 0 bridgehead atoms. The Balaban J connectivity index is 4.90. The van der Waals surface area contributed by atoms with E-state index in [-0.39, 0.29) is 5.97 Å². The Morgan fingerprint density at radius 2 is 1.53 bits per heavy atom. The molecule has 0 radical (unpaired) electrons. The Hall–Kier alpha value is -0.576. The molecule has 19 heavy (non-hydrogen) atoms. The molecule has 0 unspecified atom stereocenters. The summed E-state index contributed by atoms with van der Waals surface area (Å²) in [6.07, 6.45) is 0. The van der Waals surface area contributed by atoms with Crippen LogP contribution < -0.4 is 0 Å². The molecule has 0 saturated heterocycles. The van der Waals surface area contributed by atoms with Gasteiger partial charge in [-0.3, -0.25) is 4.79 Å². The standard InChI is InChI=1S/C14H29NO2Si2/c1-13(16)17-14(2,3)11-10-12-15(18(4,5)6)19(7,8)9/h12H2,1-9H3. The van der Waals surface area contributed by atoms with Gasteiger partial charge in [-0.25, -0.2) is 0 Å². The third-order valence-corrected chi connectivity index (χ3v) is 10.2. The van der Waals surface area contributed by atoms with Gasteiger partial charge < -0.3 is 8.97 Å². The summed E-state index contributed by atoms with van der Waals surface area (Å²) in [5, 5.41) is 0. The van der Waals surface area contributed by atoms with Crippen LogP contribution in [0.2, 0.25) is 39.3 Å². The fourth-order valence-electron chi connectivity index (χ4n) is 2.20. The van der Waals surface area contributed by atoms with Crippen LogP contribution in [0.15, 0.2) is 0 Å². The van der Waals surface area contributed by atoms with Crippen LogP contribution in [-0.2, 0) is 9.53 Å². The molecule has 0 aromatic rings. The zero-order valence-corrected chi connectivity index (χ0v) is 16.0. The summed E-state index contributed by atoms with van der Waals surface area (Å²) in [5.74, 6) is 6.00. The van der Waals surface area contributed by atoms with E-state index in [0.29, 0.717) is 0 Å². The van der Waals surface area contributed by atoms with Crippen LogP contribution in [0.1, 0.15) is 20.8 Å². The summed E-state index contributed by atoms with van der Waals surface area (Å²) in [7, 11) is -2.73. The van der Waals surface area contributed by atoms with E-state index in [0.717, 1.165) is 6.54 Å². The minimum absolute atomic E-state index is 0.286. The lowest BCUT2D eigenvalue weighted by Crippen LogP contribution is -2.59. The van der Waals surface area contributed by atoms with Crippen molar-refractivity contribution >= 4 is 22.4 Å². The highest BCUT2D eigenvalue weighted by atomic mass is 28.4. The van der Waals surface area contributed by atoms with Gasteiger partial charge in [-0.05, 0) is 13.8 Å². The fourth-order valence-corrected chi connectivity index (χ4v) is 11.4. The maximum Gasteiger partial charge on any atom is 0.304 e. The first-order valence-corrected chi connectivity index (χ1v) is 13.6. The summed E-state index contributed by atoms with van der Waals surface area (Å²) < 4.78 is 7.79. The molecular formula is C14H29NO2Si2. The average molecular weight is 300 g/mol. The zero-order valence-electron chi connectivity index (χ0n) is 14.0. The van der Waals surface area contributed by atoms with Crippen LogP contribution in [0, 0.1) is 11.8 Å². The molecule has 0 aromatic carbocycles. The van der Waals surface area contributed by atoms with Gasteiger partial charge in [0, 0.05) is 13.5 Å². The van der Waals surface area contributed by atoms with E-state index in [2.05, 4.69) is 55.4 Å². The molecular weight excluding hydrogens is 270 g/mol. The van der Waals surface area contributed by atoms with E-state index in [1.54, 1.807) is 0 Å². The van der Waals surface area contributed by atoms with E-state index >= 15 is 0 Å². The quantitative estimate of drug-likeness (QED) is 0.453. The lowest BCUT2D eigenvalue weighted by molar-refractivity contribution is -0.148. The van der Waals surface area contributed by atoms with Crippen molar-refractivity contribution in [2.75, 3.05) is 6.54 Å². The second-order valence-corrected chi connectivity index (χ2v) is 17.5. The van der Waals surface area contributed by atoms with Crippen molar-refractivity contribution in [1.29, 1.82) is 0 Å². The summed E-state index contributed by atoms with van der Waals surface area (Å²) in [6.45, 7) is 20.0. The zero-order chi connectivity index (χ0) is 15.5. The summed E-state index contributed by atoms with van der Waals surface area (Å²) >= 11 is 0. The number of hydrogen-bond donors (Lipinski definition) is 0. The highest BCUT2D eigenvalue weighted by molar-refractivity contribution is 6.89. The van der Waals surface area contributed by atoms with Gasteiger partial charge in [0.15, 0.2) is 5.60 Å². The molecule has 0 aliphatic rings. The first kappa shape index (κ1) is 18.4. The summed E-state index contributed by atoms with van der Waals surface area (Å²) in [5.41, 5.74) is -0.698. The molecule has 110 valence electrons. The third kappa shape index (κ3) is 7.55. The van der Waals surface area contributed by atoms with Gasteiger partial charge in [-0.2, -0.15) is 0 Å². The van der Waals surface area contributed by atoms with Gasteiger partial charge in [0.2, 0.25) is 0 Å². The highest BCUT2D eigenvalue weighted by Crippen LogP contribution is 2.19. The highest BCUT2D eigenvalue weighted by Gasteiger charge is 2.33. The van der Waals surface area contributed by atoms with Gasteiger partial charge in [-0.1, -0.05) is 51.1 Å². The number of esters is 1. The molecule has 3 nitrogen and oxygen atoms in total. The Bertz CT molecular complexity index is 367. The smallest absolute Gasteiger partial charge is 0.304 e. The van der Waals surface area contributed by atoms with Crippen molar-refractivity contribution in [3.05, 3.63) is 0 Å². The van der Waals surface area contributed by atoms with Gasteiger partial charge in [0.1, 0.15) is 16.5 Å². The van der Waals surface area contributed by atoms with Gasteiger partial charge in [-0.15, -0.1) is 0 Å². The Labute approximate surface area is 120 Å². The maximum absolute atomic E-state index is 11.0. The molecule has 5 heteroatoms. The predicted octanol–water partition coefficient (Wildman–Crippen LogP) is 3.30. The third-order valence-electron chi connectivity index (χ3n) is 2.64. The Morgan fingerprint density at radius 1 is 1.11 bits per heavy atom. The number of hydrogen-bond acceptors (Lipinski definition) is 3. The number of nitrogens with zero attached hydrogens (tertiary/aromatic N) is 1. The normalized spacial score (nSPS) is 12.9. The van der Waals surface area contributed by atoms with Crippen LogP contribution in [0.5, 0.6) is 0 Å². The van der Waals surface area contributed by atoms with E-state index < -0.39 is 22.1 Å². The molecule has 0 rings (SSSR count). The van der Waals surface area contributed by atoms with Crippen LogP contribution in [0.25, 0.3) is 0 Å². The molecule has 0 atom stereocenters. The van der Waals surface area contributed by atoms with Crippen LogP contribution in [0.3, 0.4) is 0 Å². The van der Waals surface area contributed by atoms with Gasteiger partial charge in [0.05, 0.1) is 0 Å². The van der Waals surface area contributed by atoms with E-state index in [4.69, 9.17) is 4.74 Å². The second kappa shape index (κ2) is 6.25. The molecule has 0 spiro atoms. The molecule has 0 aliphatic heterocycles. The van der Waals surface area contributed by atoms with Gasteiger partial charge >= 0.3 is 5.97 Å². The van der Waals surface area contributed by atoms with Crippen LogP contribution in [-0.4, -0.2) is 38.8 Å². The first-order valence-electron chi connectivity index (χ1n) is 6.73. The topological polar surface area (TPSA) is 29.5 Å². The number of rotatable bonds is 4. The lowest BCUT2D eigenvalue weighted by Gasteiger charge is -2.42. The molecule has 0 heterocycles. The van der Waals surface area contributed by atoms with Crippen molar-refractivity contribution in [1.82, 2.24) is 4.23 Å². The van der Waals surface area contributed by atoms with E-state index in [1.807, 2.05) is 13.8 Å². The molecule has 0 aliphatic carbocycles. The Morgan fingerprint density at radius 3 is 1.84 bits per heavy atom. The number of carbonyl (C=O) groups excluding carboxylic acids is 1. The van der Waals surface area contributed by atoms with Crippen molar-refractivity contribution in [3.63, 3.8) is 0 Å². The lowest BCUT2D eigenvalue weighted by atomic mass is 10.1. The van der Waals surface area contributed by atoms with Crippen molar-refractivity contribution < 1.29 is 9.53 Å². The fraction of sp³-hybridized carbons (Fsp3) is 0.786. The van der Waals surface area contributed by atoms with E-state index in [9.17, 15) is 4.79 Å². The van der Waals surface area contributed by atoms with Crippen molar-refractivity contribution in [3.8, 4) is 11.8 Å². The van der Waals surface area contributed by atoms with Crippen LogP contribution in [0.4, 0.5) is 0 Å². The molecule has 0 fully saturated rings. The largest absolute Gasteiger partial charge is 0.447 e. The molecule has 0 amide bonds. The molecule has 0 N–H and O–H groups in total. The minimum Gasteiger partial charge on any atom is -0.447 e. The minimum atomic E-state index is -1.37. The predicted molar refractivity (Wildman–Crippen MR) is 87.0 cm³/mol. The van der Waals surface area contributed by atoms with Crippen molar-refractivity contribution in [2.45, 2.75) is 65.7 Å². The van der Waals surface area contributed by atoms with Crippen LogP contribution >= 0.6 is 0 Å². The Kier molecular flexibility index (Phi) is 6.06. The SMILES string of the molecule is CC(=O)OC(C)(C)C#CCN([Si](C)(C)C)[Si](C)(C)C. The average Bonchev–Trinajstić information content (AvgIpc) is 2.05. The number of ether oxygens (including phenoxy) is 1. The van der Waals surface area contributed by atoms with E-state index in [1.165, 1.54) is 6.92 Å². The second-order valence-electron chi connectivity index (χ2n) is 7.33. The first-order chi connectivity index (χ1) is 8.26. The monoisotopic (exact) mass is 299 g/mol. The molecule has 0 saturated carbocycles. The number of carbonyl (C=O) groups is 1.